The summed E-state index contributed by atoms with van der Waals surface area (Å²) in [5.74, 6) is -3.07. The summed E-state index contributed by atoms with van der Waals surface area (Å²) < 4.78 is 0. The van der Waals surface area contributed by atoms with Gasteiger partial charge in [-0.2, -0.15) is 0 Å². The lowest BCUT2D eigenvalue weighted by atomic mass is 9.86. The van der Waals surface area contributed by atoms with E-state index in [1.54, 1.807) is 6.92 Å². The van der Waals surface area contributed by atoms with Gasteiger partial charge in [0.1, 0.15) is 0 Å². The highest BCUT2D eigenvalue weighted by Crippen LogP contribution is 2.25. The number of nitrogens with zero attached hydrogens (tertiary/aromatic N) is 2. The van der Waals surface area contributed by atoms with E-state index in [-0.39, 0.29) is 12.8 Å². The van der Waals surface area contributed by atoms with Gasteiger partial charge in [-0.05, 0) is 20.8 Å². The second-order valence-corrected chi connectivity index (χ2v) is 5.88. The first-order valence-electron chi connectivity index (χ1n) is 7.05. The second kappa shape index (κ2) is 5.92. The zero-order chi connectivity index (χ0) is 17.4. The van der Waals surface area contributed by atoms with Crippen LogP contribution >= 0.6 is 0 Å². The Morgan fingerprint density at radius 1 is 1.13 bits per heavy atom. The summed E-state index contributed by atoms with van der Waals surface area (Å²) in [5, 5.41) is 1.25. The normalized spacial score (nSPS) is 19.8. The maximum absolute atomic E-state index is 12.3. The molecule has 2 rings (SSSR count). The fraction of sp³-hybridized carbons (Fsp3) is 0.500. The van der Waals surface area contributed by atoms with Gasteiger partial charge >= 0.3 is 5.97 Å². The molecule has 0 bridgehead atoms. The van der Waals surface area contributed by atoms with E-state index < -0.39 is 41.1 Å². The Labute approximate surface area is 132 Å². The Bertz CT molecular complexity index is 590. The number of imide groups is 2. The van der Waals surface area contributed by atoms with Crippen LogP contribution in [0.15, 0.2) is 12.2 Å². The molecule has 4 amide bonds. The van der Waals surface area contributed by atoms with Crippen LogP contribution in [0.3, 0.4) is 0 Å². The van der Waals surface area contributed by atoms with Crippen molar-refractivity contribution in [2.45, 2.75) is 39.7 Å². The fourth-order valence-electron chi connectivity index (χ4n) is 1.92. The van der Waals surface area contributed by atoms with Gasteiger partial charge in [-0.25, -0.2) is 15.2 Å². The Balaban J connectivity index is 2.03. The molecule has 2 heterocycles. The molecule has 0 aromatic heterocycles. The molecule has 0 aliphatic carbocycles. The van der Waals surface area contributed by atoms with E-state index in [1.165, 1.54) is 13.8 Å². The van der Waals surface area contributed by atoms with Gasteiger partial charge < -0.3 is 4.84 Å². The smallest absolute Gasteiger partial charge is 0.330 e. The van der Waals surface area contributed by atoms with Crippen LogP contribution in [0.5, 0.6) is 0 Å². The molecular weight excluding hydrogens is 306 g/mol. The molecule has 0 radical (unpaired) electrons. The highest BCUT2D eigenvalue weighted by molar-refractivity contribution is 6.12. The number of hydrazine groups is 1. The lowest BCUT2D eigenvalue weighted by Crippen LogP contribution is -2.55. The van der Waals surface area contributed by atoms with Crippen LogP contribution in [0.25, 0.3) is 0 Å². The third-order valence-electron chi connectivity index (χ3n) is 3.92. The third kappa shape index (κ3) is 3.14. The van der Waals surface area contributed by atoms with Gasteiger partial charge in [0.05, 0.1) is 5.41 Å². The van der Waals surface area contributed by atoms with Crippen LogP contribution < -0.4 is 5.43 Å². The summed E-state index contributed by atoms with van der Waals surface area (Å²) in [6.07, 6.45) is 2.22. The molecule has 23 heavy (non-hydrogen) atoms. The number of hydrogen-bond acceptors (Lipinski definition) is 7. The molecule has 1 fully saturated rings. The number of hydrogen-bond donors (Lipinski definition) is 1. The number of rotatable bonds is 5. The SMILES string of the molecule is C[C@@H](NN1C(=O)C=CC1=O)C(C)(C)C(=O)ON1C(=O)CCC1=O. The fourth-order valence-corrected chi connectivity index (χ4v) is 1.92. The number of nitrogens with one attached hydrogen (secondary N) is 1. The lowest BCUT2D eigenvalue weighted by molar-refractivity contribution is -0.205. The van der Waals surface area contributed by atoms with Crippen LogP contribution in [0.2, 0.25) is 0 Å². The van der Waals surface area contributed by atoms with E-state index in [0.29, 0.717) is 5.06 Å². The topological polar surface area (TPSA) is 113 Å². The Hall–Kier alpha value is -2.55. The van der Waals surface area contributed by atoms with Crippen LogP contribution in [0, 0.1) is 5.41 Å². The van der Waals surface area contributed by atoms with Gasteiger partial charge in [-0.1, -0.05) is 0 Å². The summed E-state index contributed by atoms with van der Waals surface area (Å²) in [6.45, 7) is 4.60. The summed E-state index contributed by atoms with van der Waals surface area (Å²) in [6, 6.07) is -0.685. The van der Waals surface area contributed by atoms with E-state index >= 15 is 0 Å². The lowest BCUT2D eigenvalue weighted by Gasteiger charge is -2.33. The molecule has 2 aliphatic rings. The second-order valence-electron chi connectivity index (χ2n) is 5.88. The zero-order valence-electron chi connectivity index (χ0n) is 13.0. The molecule has 1 N–H and O–H groups in total. The van der Waals surface area contributed by atoms with Crippen LogP contribution in [0.1, 0.15) is 33.6 Å². The standard InChI is InChI=1S/C14H17N3O6/c1-8(15-16-9(18)4-5-10(16)19)14(2,3)13(22)23-17-11(20)6-7-12(17)21/h4-5,8,15H,6-7H2,1-3H3/t8-/m1/s1. The average Bonchev–Trinajstić information content (AvgIpc) is 2.96. The number of hydroxylamine groups is 2. The van der Waals surface area contributed by atoms with Crippen molar-refractivity contribution < 1.29 is 28.8 Å². The monoisotopic (exact) mass is 323 g/mol. The van der Waals surface area contributed by atoms with Gasteiger partial charge in [0, 0.05) is 31.0 Å². The predicted octanol–water partition coefficient (Wildman–Crippen LogP) is -0.562. The number of carbonyl (C=O) groups excluding carboxylic acids is 5. The number of amides is 4. The van der Waals surface area contributed by atoms with Crippen molar-refractivity contribution in [2.75, 3.05) is 0 Å². The average molecular weight is 323 g/mol. The molecular formula is C14H17N3O6. The number of carbonyl (C=O) groups is 5. The molecule has 1 saturated heterocycles. The highest BCUT2D eigenvalue weighted by atomic mass is 16.7. The first kappa shape index (κ1) is 16.8. The van der Waals surface area contributed by atoms with E-state index in [2.05, 4.69) is 5.43 Å². The molecule has 0 aromatic carbocycles. The van der Waals surface area contributed by atoms with Crippen molar-refractivity contribution in [3.05, 3.63) is 12.2 Å². The molecule has 0 aromatic rings. The van der Waals surface area contributed by atoms with Crippen LogP contribution in [-0.2, 0) is 28.8 Å². The van der Waals surface area contributed by atoms with Crippen molar-refractivity contribution in [3.8, 4) is 0 Å². The van der Waals surface area contributed by atoms with Crippen molar-refractivity contribution in [1.29, 1.82) is 0 Å². The first-order chi connectivity index (χ1) is 10.6. The highest BCUT2D eigenvalue weighted by Gasteiger charge is 2.42. The van der Waals surface area contributed by atoms with E-state index in [9.17, 15) is 24.0 Å². The van der Waals surface area contributed by atoms with Crippen molar-refractivity contribution in [3.63, 3.8) is 0 Å². The van der Waals surface area contributed by atoms with Gasteiger partial charge in [0.15, 0.2) is 0 Å². The van der Waals surface area contributed by atoms with Gasteiger partial charge in [-0.15, -0.1) is 5.06 Å². The minimum absolute atomic E-state index is 0.00277. The summed E-state index contributed by atoms with van der Waals surface area (Å²) in [5.41, 5.74) is 1.41. The molecule has 2 aliphatic heterocycles. The van der Waals surface area contributed by atoms with Crippen LogP contribution in [0.4, 0.5) is 0 Å². The van der Waals surface area contributed by atoms with Gasteiger partial charge in [0.2, 0.25) is 0 Å². The van der Waals surface area contributed by atoms with Crippen molar-refractivity contribution in [1.82, 2.24) is 15.5 Å². The Morgan fingerprint density at radius 3 is 2.09 bits per heavy atom. The third-order valence-corrected chi connectivity index (χ3v) is 3.92. The largest absolute Gasteiger partial charge is 0.340 e. The Morgan fingerprint density at radius 2 is 1.61 bits per heavy atom. The van der Waals surface area contributed by atoms with Crippen molar-refractivity contribution >= 4 is 29.6 Å². The first-order valence-corrected chi connectivity index (χ1v) is 7.05. The molecule has 0 spiro atoms. The van der Waals surface area contributed by atoms with Crippen molar-refractivity contribution in [2.24, 2.45) is 5.41 Å². The molecule has 1 atom stereocenters. The molecule has 9 heteroatoms. The van der Waals surface area contributed by atoms with E-state index in [4.69, 9.17) is 4.84 Å². The quantitative estimate of drug-likeness (QED) is 0.675. The minimum Gasteiger partial charge on any atom is -0.330 e. The molecule has 124 valence electrons. The predicted molar refractivity (Wildman–Crippen MR) is 74.6 cm³/mol. The van der Waals surface area contributed by atoms with Gasteiger partial charge in [-0.3, -0.25) is 19.2 Å². The Kier molecular flexibility index (Phi) is 4.33. The summed E-state index contributed by atoms with van der Waals surface area (Å²) in [4.78, 5) is 63.2. The summed E-state index contributed by atoms with van der Waals surface area (Å²) >= 11 is 0. The maximum atomic E-state index is 12.3. The van der Waals surface area contributed by atoms with E-state index in [0.717, 1.165) is 17.2 Å². The van der Waals surface area contributed by atoms with Crippen LogP contribution in [-0.4, -0.2) is 45.7 Å². The van der Waals surface area contributed by atoms with Gasteiger partial charge in [0.25, 0.3) is 23.6 Å². The maximum Gasteiger partial charge on any atom is 0.340 e. The van der Waals surface area contributed by atoms with E-state index in [1.807, 2.05) is 0 Å². The molecule has 0 unspecified atom stereocenters. The minimum atomic E-state index is -1.22. The molecule has 0 saturated carbocycles. The zero-order valence-corrected chi connectivity index (χ0v) is 13.0. The summed E-state index contributed by atoms with van der Waals surface area (Å²) in [7, 11) is 0. The molecule has 9 nitrogen and oxygen atoms in total.